The molecule has 0 aliphatic carbocycles. The molecule has 3 rings (SSSR count). The van der Waals surface area contributed by atoms with Gasteiger partial charge in [0.2, 0.25) is 0 Å². The minimum absolute atomic E-state index is 0.0700. The zero-order valence-electron chi connectivity index (χ0n) is 15.1. The number of anilines is 1. The fraction of sp³-hybridized carbons (Fsp3) is 0.167. The highest BCUT2D eigenvalue weighted by atomic mass is 32.2. The molecule has 0 aliphatic rings. The van der Waals surface area contributed by atoms with Crippen LogP contribution in [0.15, 0.2) is 51.9 Å². The summed E-state index contributed by atoms with van der Waals surface area (Å²) < 4.78 is 33.6. The highest BCUT2D eigenvalue weighted by molar-refractivity contribution is 7.92. The molecule has 0 unspecified atom stereocenters. The van der Waals surface area contributed by atoms with E-state index in [9.17, 15) is 18.5 Å². The van der Waals surface area contributed by atoms with E-state index in [1.807, 2.05) is 6.07 Å². The average Bonchev–Trinajstić information content (AvgIpc) is 2.94. The second-order valence-electron chi connectivity index (χ2n) is 6.25. The van der Waals surface area contributed by atoms with Crippen LogP contribution in [0.1, 0.15) is 17.0 Å². The van der Waals surface area contributed by atoms with Gasteiger partial charge < -0.3 is 14.6 Å². The number of rotatable bonds is 5. The van der Waals surface area contributed by atoms with Gasteiger partial charge in [0.05, 0.1) is 10.6 Å². The number of aromatic nitrogens is 1. The molecule has 1 heterocycles. The first-order chi connectivity index (χ1) is 12.7. The van der Waals surface area contributed by atoms with Gasteiger partial charge in [-0.05, 0) is 44.0 Å². The van der Waals surface area contributed by atoms with Gasteiger partial charge >= 0.3 is 7.12 Å². The van der Waals surface area contributed by atoms with Gasteiger partial charge in [-0.1, -0.05) is 35.5 Å². The summed E-state index contributed by atoms with van der Waals surface area (Å²) in [4.78, 5) is 0.0854. The van der Waals surface area contributed by atoms with E-state index in [1.165, 1.54) is 12.1 Å². The quantitative estimate of drug-likeness (QED) is 0.576. The molecule has 0 aliphatic heterocycles. The summed E-state index contributed by atoms with van der Waals surface area (Å²) in [6.07, 6.45) is 0. The van der Waals surface area contributed by atoms with Crippen molar-refractivity contribution in [2.24, 2.45) is 0 Å². The molecule has 9 heteroatoms. The average molecular weight is 386 g/mol. The maximum atomic E-state index is 13.0. The number of sulfonamides is 1. The van der Waals surface area contributed by atoms with Crippen LogP contribution in [0, 0.1) is 20.8 Å². The lowest BCUT2D eigenvalue weighted by atomic mass is 9.79. The van der Waals surface area contributed by atoms with Gasteiger partial charge in [0.15, 0.2) is 0 Å². The summed E-state index contributed by atoms with van der Waals surface area (Å²) in [5, 5.41) is 22.8. The lowest BCUT2D eigenvalue weighted by Gasteiger charge is -2.14. The zero-order valence-corrected chi connectivity index (χ0v) is 15.9. The third-order valence-electron chi connectivity index (χ3n) is 4.28. The summed E-state index contributed by atoms with van der Waals surface area (Å²) in [7, 11) is -5.76. The molecule has 3 aromatic rings. The molecule has 0 spiro atoms. The Labute approximate surface area is 157 Å². The van der Waals surface area contributed by atoms with E-state index in [4.69, 9.17) is 4.52 Å². The molecule has 27 heavy (non-hydrogen) atoms. The van der Waals surface area contributed by atoms with E-state index in [-0.39, 0.29) is 16.0 Å². The molecular formula is C18H19BN2O5S. The van der Waals surface area contributed by atoms with E-state index in [1.54, 1.807) is 45.0 Å². The largest absolute Gasteiger partial charge is 0.490 e. The van der Waals surface area contributed by atoms with Gasteiger partial charge in [-0.2, -0.15) is 0 Å². The number of hydrogen-bond acceptors (Lipinski definition) is 6. The third kappa shape index (κ3) is 3.75. The van der Waals surface area contributed by atoms with Gasteiger partial charge in [0, 0.05) is 16.7 Å². The molecular weight excluding hydrogens is 367 g/mol. The highest BCUT2D eigenvalue weighted by Crippen LogP contribution is 2.30. The molecule has 1 aromatic heterocycles. The van der Waals surface area contributed by atoms with Crippen molar-refractivity contribution in [3.8, 4) is 11.1 Å². The number of hydrogen-bond donors (Lipinski definition) is 3. The Kier molecular flexibility index (Phi) is 5.10. The molecule has 2 aromatic carbocycles. The third-order valence-corrected chi connectivity index (χ3v) is 5.79. The van der Waals surface area contributed by atoms with Crippen molar-refractivity contribution >= 4 is 28.3 Å². The Morgan fingerprint density at radius 3 is 2.41 bits per heavy atom. The van der Waals surface area contributed by atoms with Crippen molar-refractivity contribution in [2.45, 2.75) is 25.7 Å². The maximum Gasteiger partial charge on any atom is 0.490 e. The molecule has 0 fully saturated rings. The van der Waals surface area contributed by atoms with E-state index < -0.39 is 17.1 Å². The highest BCUT2D eigenvalue weighted by Gasteiger charge is 2.23. The SMILES string of the molecule is Cc1ccc(-c2c(C)noc2C)cc1S(=O)(=O)Nc1ccccc1B(O)O. The predicted molar refractivity (Wildman–Crippen MR) is 103 cm³/mol. The van der Waals surface area contributed by atoms with Crippen molar-refractivity contribution in [1.29, 1.82) is 0 Å². The van der Waals surface area contributed by atoms with Crippen LogP contribution in [0.5, 0.6) is 0 Å². The molecule has 0 amide bonds. The standard InChI is InChI=1S/C18H19BN2O5S/c1-11-8-9-14(18-12(2)20-26-13(18)3)10-17(11)27(24,25)21-16-7-5-4-6-15(16)19(22)23/h4-10,21-23H,1-3H3. The Balaban J connectivity index is 2.07. The fourth-order valence-electron chi connectivity index (χ4n) is 2.96. The van der Waals surface area contributed by atoms with Crippen LogP contribution < -0.4 is 10.2 Å². The number of benzene rings is 2. The van der Waals surface area contributed by atoms with E-state index in [2.05, 4.69) is 9.88 Å². The van der Waals surface area contributed by atoms with Gasteiger partial charge in [0.1, 0.15) is 5.76 Å². The molecule has 0 saturated heterocycles. The summed E-state index contributed by atoms with van der Waals surface area (Å²) in [6, 6.07) is 11.2. The van der Waals surface area contributed by atoms with Crippen molar-refractivity contribution < 1.29 is 23.0 Å². The maximum absolute atomic E-state index is 13.0. The van der Waals surface area contributed by atoms with Gasteiger partial charge in [0.25, 0.3) is 10.0 Å². The van der Waals surface area contributed by atoms with Crippen molar-refractivity contribution in [1.82, 2.24) is 5.16 Å². The minimum atomic E-state index is -3.96. The molecule has 0 saturated carbocycles. The molecule has 7 nitrogen and oxygen atoms in total. The van der Waals surface area contributed by atoms with Crippen molar-refractivity contribution in [2.75, 3.05) is 4.72 Å². The van der Waals surface area contributed by atoms with Crippen molar-refractivity contribution in [3.63, 3.8) is 0 Å². The Bertz CT molecular complexity index is 1070. The lowest BCUT2D eigenvalue weighted by molar-refractivity contribution is 0.393. The first-order valence-corrected chi connectivity index (χ1v) is 9.71. The minimum Gasteiger partial charge on any atom is -0.423 e. The second kappa shape index (κ2) is 7.18. The Morgan fingerprint density at radius 2 is 1.78 bits per heavy atom. The monoisotopic (exact) mass is 386 g/mol. The zero-order chi connectivity index (χ0) is 19.8. The van der Waals surface area contributed by atoms with Gasteiger partial charge in [-0.15, -0.1) is 0 Å². The molecule has 0 atom stereocenters. The van der Waals surface area contributed by atoms with Crippen LogP contribution in [-0.2, 0) is 10.0 Å². The van der Waals surface area contributed by atoms with Crippen LogP contribution >= 0.6 is 0 Å². The number of nitrogens with zero attached hydrogens (tertiary/aromatic N) is 1. The number of para-hydroxylation sites is 1. The smallest absolute Gasteiger partial charge is 0.423 e. The Hall–Kier alpha value is -2.62. The van der Waals surface area contributed by atoms with E-state index >= 15 is 0 Å². The normalized spacial score (nSPS) is 11.4. The van der Waals surface area contributed by atoms with Crippen LogP contribution in [0.2, 0.25) is 0 Å². The molecule has 0 radical (unpaired) electrons. The lowest BCUT2D eigenvalue weighted by Crippen LogP contribution is -2.33. The van der Waals surface area contributed by atoms with Gasteiger partial charge in [-0.3, -0.25) is 4.72 Å². The molecule has 140 valence electrons. The van der Waals surface area contributed by atoms with Crippen LogP contribution in [-0.4, -0.2) is 30.7 Å². The number of nitrogens with one attached hydrogen (secondary N) is 1. The predicted octanol–water partition coefficient (Wildman–Crippen LogP) is 1.75. The van der Waals surface area contributed by atoms with Crippen LogP contribution in [0.25, 0.3) is 11.1 Å². The molecule has 0 bridgehead atoms. The number of aryl methyl sites for hydroxylation is 3. The fourth-order valence-corrected chi connectivity index (χ4v) is 4.31. The summed E-state index contributed by atoms with van der Waals surface area (Å²) in [5.74, 6) is 0.599. The van der Waals surface area contributed by atoms with Crippen molar-refractivity contribution in [3.05, 3.63) is 59.5 Å². The van der Waals surface area contributed by atoms with Gasteiger partial charge in [-0.25, -0.2) is 8.42 Å². The molecule has 3 N–H and O–H groups in total. The first-order valence-electron chi connectivity index (χ1n) is 8.22. The van der Waals surface area contributed by atoms with Crippen LogP contribution in [0.4, 0.5) is 5.69 Å². The summed E-state index contributed by atoms with van der Waals surface area (Å²) in [5.41, 5.74) is 2.82. The summed E-state index contributed by atoms with van der Waals surface area (Å²) in [6.45, 7) is 5.25. The Morgan fingerprint density at radius 1 is 1.07 bits per heavy atom. The second-order valence-corrected chi connectivity index (χ2v) is 7.90. The van der Waals surface area contributed by atoms with Crippen LogP contribution in [0.3, 0.4) is 0 Å². The van der Waals surface area contributed by atoms with E-state index in [0.29, 0.717) is 22.6 Å². The topological polar surface area (TPSA) is 113 Å². The summed E-state index contributed by atoms with van der Waals surface area (Å²) >= 11 is 0. The van der Waals surface area contributed by atoms with E-state index in [0.717, 1.165) is 5.56 Å². The first kappa shape index (κ1) is 19.2.